The van der Waals surface area contributed by atoms with Crippen LogP contribution < -0.4 is 10.6 Å². The molecule has 3 aromatic rings. The van der Waals surface area contributed by atoms with Crippen molar-refractivity contribution in [2.75, 3.05) is 10.6 Å². The van der Waals surface area contributed by atoms with Gasteiger partial charge < -0.3 is 15.7 Å². The van der Waals surface area contributed by atoms with Gasteiger partial charge in [-0.1, -0.05) is 25.5 Å². The van der Waals surface area contributed by atoms with Crippen molar-refractivity contribution < 1.29 is 5.11 Å². The number of hydrogen-bond donors (Lipinski definition) is 4. The number of nitrogens with zero attached hydrogens (tertiary/aromatic N) is 2. The third kappa shape index (κ3) is 4.12. The highest BCUT2D eigenvalue weighted by molar-refractivity contribution is 7.13. The van der Waals surface area contributed by atoms with Crippen molar-refractivity contribution >= 4 is 22.7 Å². The van der Waals surface area contributed by atoms with Crippen molar-refractivity contribution in [2.45, 2.75) is 32.5 Å². The van der Waals surface area contributed by atoms with Crippen LogP contribution in [0.2, 0.25) is 0 Å². The lowest BCUT2D eigenvalue weighted by atomic mass is 10.1. The van der Waals surface area contributed by atoms with Crippen LogP contribution >= 0.6 is 11.3 Å². The van der Waals surface area contributed by atoms with Gasteiger partial charge in [-0.3, -0.25) is 5.10 Å². The van der Waals surface area contributed by atoms with E-state index in [1.807, 2.05) is 17.5 Å². The lowest BCUT2D eigenvalue weighted by molar-refractivity contribution is 0.233. The molecular formula is C17H21N5OS. The van der Waals surface area contributed by atoms with Crippen LogP contribution in [0.25, 0.3) is 10.7 Å². The summed E-state index contributed by atoms with van der Waals surface area (Å²) >= 11 is 1.51. The second-order valence-corrected chi connectivity index (χ2v) is 6.38. The lowest BCUT2D eigenvalue weighted by Gasteiger charge is -2.16. The molecule has 2 aromatic heterocycles. The third-order valence-electron chi connectivity index (χ3n) is 3.65. The average molecular weight is 343 g/mol. The summed E-state index contributed by atoms with van der Waals surface area (Å²) in [6.07, 6.45) is 5.91. The molecule has 0 saturated carbocycles. The van der Waals surface area contributed by atoms with Gasteiger partial charge in [0.1, 0.15) is 10.7 Å². The summed E-state index contributed by atoms with van der Waals surface area (Å²) in [5.74, 6) is 0. The van der Waals surface area contributed by atoms with Gasteiger partial charge in [0.05, 0.1) is 11.9 Å². The Labute approximate surface area is 145 Å². The molecule has 0 aliphatic carbocycles. The van der Waals surface area contributed by atoms with Gasteiger partial charge in [0.15, 0.2) is 0 Å². The Morgan fingerprint density at radius 1 is 1.25 bits per heavy atom. The van der Waals surface area contributed by atoms with Crippen molar-refractivity contribution in [3.8, 4) is 10.7 Å². The molecule has 0 spiro atoms. The number of H-pyrrole nitrogens is 1. The number of benzene rings is 1. The molecule has 1 aromatic carbocycles. The fourth-order valence-corrected chi connectivity index (χ4v) is 3.04. The number of aliphatic hydroxyl groups excluding tert-OH is 1. The van der Waals surface area contributed by atoms with E-state index in [-0.39, 0.29) is 0 Å². The molecule has 0 radical (unpaired) electrons. The van der Waals surface area contributed by atoms with E-state index >= 15 is 0 Å². The molecule has 1 atom stereocenters. The highest BCUT2D eigenvalue weighted by Crippen LogP contribution is 2.27. The molecule has 0 bridgehead atoms. The SMILES string of the molecule is CCCCc1ccc(NC(O)Nc2cn[nH]c2-c2nccs2)cc1. The van der Waals surface area contributed by atoms with Crippen molar-refractivity contribution in [1.82, 2.24) is 15.2 Å². The summed E-state index contributed by atoms with van der Waals surface area (Å²) in [4.78, 5) is 4.25. The highest BCUT2D eigenvalue weighted by Gasteiger charge is 2.13. The second-order valence-electron chi connectivity index (χ2n) is 5.49. The van der Waals surface area contributed by atoms with Crippen molar-refractivity contribution in [1.29, 1.82) is 0 Å². The average Bonchev–Trinajstić information content (AvgIpc) is 3.25. The first-order chi connectivity index (χ1) is 11.8. The number of rotatable bonds is 8. The zero-order chi connectivity index (χ0) is 16.8. The largest absolute Gasteiger partial charge is 0.357 e. The monoisotopic (exact) mass is 343 g/mol. The van der Waals surface area contributed by atoms with E-state index in [4.69, 9.17) is 0 Å². The van der Waals surface area contributed by atoms with Gasteiger partial charge in [-0.05, 0) is 30.5 Å². The van der Waals surface area contributed by atoms with Crippen LogP contribution in [0.15, 0.2) is 42.0 Å². The zero-order valence-corrected chi connectivity index (χ0v) is 14.3. The van der Waals surface area contributed by atoms with Crippen molar-refractivity contribution in [3.05, 3.63) is 47.6 Å². The first kappa shape index (κ1) is 16.5. The summed E-state index contributed by atoms with van der Waals surface area (Å²) in [6, 6.07) is 8.13. The number of aryl methyl sites for hydroxylation is 1. The molecule has 3 rings (SSSR count). The number of aromatic nitrogens is 3. The van der Waals surface area contributed by atoms with E-state index in [1.165, 1.54) is 29.7 Å². The van der Waals surface area contributed by atoms with E-state index in [2.05, 4.69) is 44.9 Å². The first-order valence-corrected chi connectivity index (χ1v) is 8.87. The number of thiazole rings is 1. The quantitative estimate of drug-likeness (QED) is 0.469. The maximum Gasteiger partial charge on any atom is 0.202 e. The van der Waals surface area contributed by atoms with Gasteiger partial charge >= 0.3 is 0 Å². The van der Waals surface area contributed by atoms with Crippen LogP contribution in [0, 0.1) is 0 Å². The predicted octanol–water partition coefficient (Wildman–Crippen LogP) is 3.68. The molecule has 6 nitrogen and oxygen atoms in total. The smallest absolute Gasteiger partial charge is 0.202 e. The maximum atomic E-state index is 10.2. The summed E-state index contributed by atoms with van der Waals surface area (Å²) in [6.45, 7) is 2.19. The van der Waals surface area contributed by atoms with Crippen LogP contribution in [0.1, 0.15) is 25.3 Å². The Bertz CT molecular complexity index is 739. The number of aromatic amines is 1. The van der Waals surface area contributed by atoms with E-state index < -0.39 is 6.35 Å². The third-order valence-corrected chi connectivity index (χ3v) is 4.44. The van der Waals surface area contributed by atoms with E-state index in [0.717, 1.165) is 22.8 Å². The lowest BCUT2D eigenvalue weighted by Crippen LogP contribution is -2.28. The van der Waals surface area contributed by atoms with Crippen molar-refractivity contribution in [3.63, 3.8) is 0 Å². The number of nitrogens with one attached hydrogen (secondary N) is 3. The molecule has 2 heterocycles. The van der Waals surface area contributed by atoms with Gasteiger partial charge in [-0.15, -0.1) is 11.3 Å². The van der Waals surface area contributed by atoms with Gasteiger partial charge in [0.2, 0.25) is 6.35 Å². The van der Waals surface area contributed by atoms with E-state index in [9.17, 15) is 5.11 Å². The topological polar surface area (TPSA) is 85.9 Å². The normalized spacial score (nSPS) is 12.1. The number of aliphatic hydroxyl groups is 1. The zero-order valence-electron chi connectivity index (χ0n) is 13.5. The molecule has 24 heavy (non-hydrogen) atoms. The maximum absolute atomic E-state index is 10.2. The summed E-state index contributed by atoms with van der Waals surface area (Å²) < 4.78 is 0. The molecule has 0 amide bonds. The van der Waals surface area contributed by atoms with Gasteiger partial charge in [-0.25, -0.2) is 4.98 Å². The molecule has 4 N–H and O–H groups in total. The number of hydrogen-bond acceptors (Lipinski definition) is 6. The van der Waals surface area contributed by atoms with Crippen LogP contribution in [-0.4, -0.2) is 26.6 Å². The second kappa shape index (κ2) is 7.94. The Balaban J connectivity index is 1.60. The Kier molecular flexibility index (Phi) is 5.45. The molecule has 1 unspecified atom stereocenters. The Morgan fingerprint density at radius 2 is 2.08 bits per heavy atom. The molecule has 0 saturated heterocycles. The van der Waals surface area contributed by atoms with E-state index in [0.29, 0.717) is 5.69 Å². The molecule has 7 heteroatoms. The minimum Gasteiger partial charge on any atom is -0.357 e. The van der Waals surface area contributed by atoms with Crippen LogP contribution in [0.3, 0.4) is 0 Å². The van der Waals surface area contributed by atoms with E-state index in [1.54, 1.807) is 12.4 Å². The van der Waals surface area contributed by atoms with Gasteiger partial charge in [0, 0.05) is 17.3 Å². The summed E-state index contributed by atoms with van der Waals surface area (Å²) in [7, 11) is 0. The minimum absolute atomic E-state index is 0.699. The standard InChI is InChI=1S/C17H21N5OS/c1-2-3-4-12-5-7-13(8-6-12)20-17(23)21-14-11-19-22-15(14)16-18-9-10-24-16/h5-11,17,20-21,23H,2-4H2,1H3,(H,19,22). The fourth-order valence-electron chi connectivity index (χ4n) is 2.40. The molecule has 0 aliphatic heterocycles. The Morgan fingerprint density at radius 3 is 2.79 bits per heavy atom. The molecule has 0 aliphatic rings. The van der Waals surface area contributed by atoms with Gasteiger partial charge in [0.25, 0.3) is 0 Å². The highest BCUT2D eigenvalue weighted by atomic mass is 32.1. The summed E-state index contributed by atoms with van der Waals surface area (Å²) in [5, 5.41) is 25.9. The number of unbranched alkanes of at least 4 members (excludes halogenated alkanes) is 1. The van der Waals surface area contributed by atoms with Crippen LogP contribution in [0.5, 0.6) is 0 Å². The van der Waals surface area contributed by atoms with Gasteiger partial charge in [-0.2, -0.15) is 5.10 Å². The first-order valence-electron chi connectivity index (χ1n) is 7.99. The van der Waals surface area contributed by atoms with Crippen molar-refractivity contribution in [2.24, 2.45) is 0 Å². The van der Waals surface area contributed by atoms with Crippen LogP contribution in [-0.2, 0) is 6.42 Å². The minimum atomic E-state index is -0.928. The Hall–Kier alpha value is -2.38. The number of anilines is 2. The fraction of sp³-hybridized carbons (Fsp3) is 0.294. The summed E-state index contributed by atoms with van der Waals surface area (Å²) in [5.41, 5.74) is 3.63. The van der Waals surface area contributed by atoms with Crippen LogP contribution in [0.4, 0.5) is 11.4 Å². The molecule has 0 fully saturated rings. The molecule has 126 valence electrons. The molecular weight excluding hydrogens is 322 g/mol. The predicted molar refractivity (Wildman–Crippen MR) is 98.0 cm³/mol.